The number of hydrogen-bond donors (Lipinski definition) is 0. The van der Waals surface area contributed by atoms with Crippen LogP contribution in [0, 0.1) is 0 Å². The molecule has 0 N–H and O–H groups in total. The third kappa shape index (κ3) is 1.17. The van der Waals surface area contributed by atoms with Crippen molar-refractivity contribution in [3.63, 3.8) is 0 Å². The highest BCUT2D eigenvalue weighted by Gasteiger charge is 1.91. The Labute approximate surface area is 60.0 Å². The summed E-state index contributed by atoms with van der Waals surface area (Å²) < 4.78 is 0.724. The SMILES string of the molecule is Clc1ncncc1Br. The predicted octanol–water partition coefficient (Wildman–Crippen LogP) is 1.89. The number of nitrogens with zero attached hydrogens (tertiary/aromatic N) is 2. The van der Waals surface area contributed by atoms with Crippen LogP contribution in [0.5, 0.6) is 0 Å². The minimum Gasteiger partial charge on any atom is -0.244 e. The summed E-state index contributed by atoms with van der Waals surface area (Å²) >= 11 is 8.65. The third-order valence-corrected chi connectivity index (χ3v) is 1.73. The van der Waals surface area contributed by atoms with Crippen LogP contribution in [0.4, 0.5) is 0 Å². The van der Waals surface area contributed by atoms with E-state index in [1.165, 1.54) is 6.33 Å². The lowest BCUT2D eigenvalue weighted by Gasteiger charge is -1.87. The van der Waals surface area contributed by atoms with Gasteiger partial charge in [-0.15, -0.1) is 0 Å². The Hall–Kier alpha value is -0.150. The van der Waals surface area contributed by atoms with Crippen molar-refractivity contribution in [2.24, 2.45) is 0 Å². The van der Waals surface area contributed by atoms with Crippen LogP contribution >= 0.6 is 27.5 Å². The van der Waals surface area contributed by atoms with Gasteiger partial charge in [-0.1, -0.05) is 11.6 Å². The largest absolute Gasteiger partial charge is 0.244 e. The molecule has 0 bridgehead atoms. The first-order valence-electron chi connectivity index (χ1n) is 1.91. The van der Waals surface area contributed by atoms with E-state index in [1.807, 2.05) is 0 Å². The first-order chi connectivity index (χ1) is 3.80. The molecule has 0 spiro atoms. The van der Waals surface area contributed by atoms with Crippen LogP contribution in [0.3, 0.4) is 0 Å². The van der Waals surface area contributed by atoms with Gasteiger partial charge in [0.05, 0.1) is 4.47 Å². The summed E-state index contributed by atoms with van der Waals surface area (Å²) in [5, 5.41) is 0.444. The van der Waals surface area contributed by atoms with Crippen LogP contribution < -0.4 is 0 Å². The Bertz CT molecular complexity index is 170. The smallest absolute Gasteiger partial charge is 0.146 e. The van der Waals surface area contributed by atoms with E-state index < -0.39 is 0 Å². The molecule has 0 fully saturated rings. The van der Waals surface area contributed by atoms with Gasteiger partial charge >= 0.3 is 0 Å². The van der Waals surface area contributed by atoms with E-state index in [1.54, 1.807) is 6.20 Å². The number of hydrogen-bond acceptors (Lipinski definition) is 2. The van der Waals surface area contributed by atoms with Gasteiger partial charge in [-0.05, 0) is 15.9 Å². The zero-order chi connectivity index (χ0) is 5.98. The Kier molecular flexibility index (Phi) is 1.81. The van der Waals surface area contributed by atoms with E-state index in [0.717, 1.165) is 4.47 Å². The van der Waals surface area contributed by atoms with Crippen LogP contribution in [0.25, 0.3) is 0 Å². The van der Waals surface area contributed by atoms with Gasteiger partial charge in [0.15, 0.2) is 0 Å². The molecule has 42 valence electrons. The lowest BCUT2D eigenvalue weighted by atomic mass is 10.7. The van der Waals surface area contributed by atoms with Gasteiger partial charge in [0.25, 0.3) is 0 Å². The fraction of sp³-hybridized carbons (Fsp3) is 0. The molecule has 0 atom stereocenters. The van der Waals surface area contributed by atoms with Crippen molar-refractivity contribution >= 4 is 27.5 Å². The van der Waals surface area contributed by atoms with Gasteiger partial charge in [0.2, 0.25) is 0 Å². The van der Waals surface area contributed by atoms with Crippen molar-refractivity contribution in [3.05, 3.63) is 22.1 Å². The van der Waals surface area contributed by atoms with Gasteiger partial charge in [-0.2, -0.15) is 0 Å². The van der Waals surface area contributed by atoms with Crippen molar-refractivity contribution in [1.29, 1.82) is 0 Å². The highest BCUT2D eigenvalue weighted by Crippen LogP contribution is 2.15. The van der Waals surface area contributed by atoms with Crippen molar-refractivity contribution < 1.29 is 0 Å². The van der Waals surface area contributed by atoms with E-state index in [9.17, 15) is 0 Å². The lowest BCUT2D eigenvalue weighted by Crippen LogP contribution is -1.76. The number of rotatable bonds is 0. The van der Waals surface area contributed by atoms with E-state index in [-0.39, 0.29) is 0 Å². The van der Waals surface area contributed by atoms with Crippen molar-refractivity contribution in [2.75, 3.05) is 0 Å². The number of aromatic nitrogens is 2. The van der Waals surface area contributed by atoms with Crippen molar-refractivity contribution in [1.82, 2.24) is 9.97 Å². The second kappa shape index (κ2) is 2.42. The highest BCUT2D eigenvalue weighted by molar-refractivity contribution is 9.10. The molecule has 0 radical (unpaired) electrons. The molecule has 0 aliphatic heterocycles. The quantitative estimate of drug-likeness (QED) is 0.588. The molecular weight excluding hydrogens is 191 g/mol. The molecule has 0 aromatic carbocycles. The zero-order valence-electron chi connectivity index (χ0n) is 3.81. The van der Waals surface area contributed by atoms with E-state index in [4.69, 9.17) is 11.6 Å². The Morgan fingerprint density at radius 2 is 2.38 bits per heavy atom. The summed E-state index contributed by atoms with van der Waals surface area (Å²) in [5.41, 5.74) is 0. The fourth-order valence-corrected chi connectivity index (χ4v) is 0.611. The van der Waals surface area contributed by atoms with Crippen LogP contribution in [0.1, 0.15) is 0 Å². The van der Waals surface area contributed by atoms with Crippen molar-refractivity contribution in [3.8, 4) is 0 Å². The maximum atomic E-state index is 5.51. The molecule has 4 heteroatoms. The Morgan fingerprint density at radius 3 is 2.75 bits per heavy atom. The first kappa shape index (κ1) is 5.98. The van der Waals surface area contributed by atoms with E-state index in [2.05, 4.69) is 25.9 Å². The second-order valence-electron chi connectivity index (χ2n) is 1.16. The van der Waals surface area contributed by atoms with Gasteiger partial charge in [0, 0.05) is 6.20 Å². The molecule has 8 heavy (non-hydrogen) atoms. The summed E-state index contributed by atoms with van der Waals surface area (Å²) in [6.45, 7) is 0. The minimum atomic E-state index is 0.444. The predicted molar refractivity (Wildman–Crippen MR) is 34.7 cm³/mol. The van der Waals surface area contributed by atoms with Gasteiger partial charge in [-0.3, -0.25) is 0 Å². The summed E-state index contributed by atoms with van der Waals surface area (Å²) in [6.07, 6.45) is 2.99. The Morgan fingerprint density at radius 1 is 1.62 bits per heavy atom. The molecule has 0 saturated heterocycles. The van der Waals surface area contributed by atoms with Crippen molar-refractivity contribution in [2.45, 2.75) is 0 Å². The molecule has 1 rings (SSSR count). The molecule has 1 heterocycles. The molecule has 2 nitrogen and oxygen atoms in total. The molecule has 0 aliphatic carbocycles. The van der Waals surface area contributed by atoms with Crippen LogP contribution in [-0.4, -0.2) is 9.97 Å². The summed E-state index contributed by atoms with van der Waals surface area (Å²) in [4.78, 5) is 7.39. The lowest BCUT2D eigenvalue weighted by molar-refractivity contribution is 1.15. The average Bonchev–Trinajstić information content (AvgIpc) is 1.77. The summed E-state index contributed by atoms with van der Waals surface area (Å²) in [6, 6.07) is 0. The monoisotopic (exact) mass is 192 g/mol. The van der Waals surface area contributed by atoms with E-state index in [0.29, 0.717) is 5.15 Å². The van der Waals surface area contributed by atoms with E-state index >= 15 is 0 Å². The maximum absolute atomic E-state index is 5.51. The Balaban J connectivity index is 3.13. The fourth-order valence-electron chi connectivity index (χ4n) is 0.298. The van der Waals surface area contributed by atoms with Gasteiger partial charge in [0.1, 0.15) is 11.5 Å². The molecule has 0 amide bonds. The molecule has 0 aliphatic rings. The molecular formula is C4H2BrClN2. The van der Waals surface area contributed by atoms with Gasteiger partial charge < -0.3 is 0 Å². The topological polar surface area (TPSA) is 25.8 Å². The van der Waals surface area contributed by atoms with Gasteiger partial charge in [-0.25, -0.2) is 9.97 Å². The average molecular weight is 193 g/mol. The second-order valence-corrected chi connectivity index (χ2v) is 2.37. The van der Waals surface area contributed by atoms with Crippen LogP contribution in [-0.2, 0) is 0 Å². The molecule has 0 saturated carbocycles. The zero-order valence-corrected chi connectivity index (χ0v) is 6.15. The molecule has 1 aromatic rings. The molecule has 0 unspecified atom stereocenters. The first-order valence-corrected chi connectivity index (χ1v) is 3.09. The normalized spacial score (nSPS) is 9.25. The molecule has 1 aromatic heterocycles. The van der Waals surface area contributed by atoms with Crippen LogP contribution in [0.2, 0.25) is 5.15 Å². The standard InChI is InChI=1S/C4H2BrClN2/c5-3-1-7-2-8-4(3)6/h1-2H. The summed E-state index contributed by atoms with van der Waals surface area (Å²) in [5.74, 6) is 0. The highest BCUT2D eigenvalue weighted by atomic mass is 79.9. The minimum absolute atomic E-state index is 0.444. The third-order valence-electron chi connectivity index (χ3n) is 0.623. The summed E-state index contributed by atoms with van der Waals surface area (Å²) in [7, 11) is 0. The number of halogens is 2. The van der Waals surface area contributed by atoms with Crippen LogP contribution in [0.15, 0.2) is 17.0 Å². The maximum Gasteiger partial charge on any atom is 0.146 e.